The number of carbonyl (C=O) groups excluding carboxylic acids is 1. The number of hydrogen-bond acceptors (Lipinski definition) is 4. The highest BCUT2D eigenvalue weighted by molar-refractivity contribution is 5.76. The Balaban J connectivity index is 1.49. The molecule has 1 aliphatic rings. The van der Waals surface area contributed by atoms with Crippen molar-refractivity contribution in [2.75, 3.05) is 13.1 Å². The molecule has 0 saturated carbocycles. The van der Waals surface area contributed by atoms with Gasteiger partial charge in [-0.15, -0.1) is 0 Å². The normalized spacial score (nSPS) is 16.9. The summed E-state index contributed by atoms with van der Waals surface area (Å²) in [6.07, 6.45) is 3.82. The van der Waals surface area contributed by atoms with Crippen LogP contribution in [0, 0.1) is 20.8 Å². The summed E-state index contributed by atoms with van der Waals surface area (Å²) in [7, 11) is 1.94. The predicted octanol–water partition coefficient (Wildman–Crippen LogP) is 2.58. The summed E-state index contributed by atoms with van der Waals surface area (Å²) in [6.45, 7) is 9.37. The molecule has 3 aromatic heterocycles. The Labute approximate surface area is 182 Å². The molecule has 8 nitrogen and oxygen atoms in total. The Bertz CT molecular complexity index is 1190. The lowest BCUT2D eigenvalue weighted by molar-refractivity contribution is -0.132. The van der Waals surface area contributed by atoms with Gasteiger partial charge in [0.1, 0.15) is 0 Å². The average Bonchev–Trinajstić information content (AvgIpc) is 3.27. The van der Waals surface area contributed by atoms with Crippen LogP contribution in [0.4, 0.5) is 0 Å². The number of hydrogen-bond donors (Lipinski definition) is 1. The molecule has 0 radical (unpaired) electrons. The lowest BCUT2D eigenvalue weighted by atomic mass is 9.94. The molecule has 0 spiro atoms. The Morgan fingerprint density at radius 1 is 1.23 bits per heavy atom. The van der Waals surface area contributed by atoms with Crippen LogP contribution in [0.2, 0.25) is 0 Å². The average molecular weight is 425 g/mol. The van der Waals surface area contributed by atoms with Crippen LogP contribution in [0.3, 0.4) is 0 Å². The van der Waals surface area contributed by atoms with Gasteiger partial charge in [0.15, 0.2) is 5.65 Å². The van der Waals surface area contributed by atoms with Crippen molar-refractivity contribution in [1.29, 1.82) is 0 Å². The summed E-state index contributed by atoms with van der Waals surface area (Å²) in [5.41, 5.74) is 6.44. The molecule has 1 atom stereocenters. The summed E-state index contributed by atoms with van der Waals surface area (Å²) in [5.74, 6) is 0.369. The van der Waals surface area contributed by atoms with E-state index in [-0.39, 0.29) is 17.4 Å². The number of aromatic nitrogens is 5. The van der Waals surface area contributed by atoms with E-state index >= 15 is 0 Å². The maximum absolute atomic E-state index is 13.0. The molecule has 4 heterocycles. The molecule has 1 amide bonds. The highest BCUT2D eigenvalue weighted by atomic mass is 16.2. The van der Waals surface area contributed by atoms with Crippen LogP contribution >= 0.6 is 0 Å². The number of amides is 1. The quantitative estimate of drug-likeness (QED) is 0.682. The van der Waals surface area contributed by atoms with Gasteiger partial charge in [-0.3, -0.25) is 19.4 Å². The van der Waals surface area contributed by atoms with E-state index in [1.54, 1.807) is 4.52 Å². The fourth-order valence-corrected chi connectivity index (χ4v) is 4.83. The lowest BCUT2D eigenvalue weighted by Crippen LogP contribution is -2.39. The maximum atomic E-state index is 13.0. The number of nitrogens with one attached hydrogen (secondary N) is 1. The SMILES string of the molecule is CCc1c(C)nc2cc(C3CCCN(C(=O)CCc4c(C)nn(C)c4C)C3)[nH]n2c1=O. The molecule has 1 aliphatic heterocycles. The van der Waals surface area contributed by atoms with Crippen molar-refractivity contribution in [2.45, 2.75) is 65.7 Å². The van der Waals surface area contributed by atoms with Gasteiger partial charge in [0.25, 0.3) is 5.56 Å². The van der Waals surface area contributed by atoms with Gasteiger partial charge in [-0.1, -0.05) is 6.92 Å². The molecule has 166 valence electrons. The van der Waals surface area contributed by atoms with Gasteiger partial charge in [-0.25, -0.2) is 9.50 Å². The van der Waals surface area contributed by atoms with Gasteiger partial charge in [-0.2, -0.15) is 5.10 Å². The molecule has 31 heavy (non-hydrogen) atoms. The van der Waals surface area contributed by atoms with Crippen LogP contribution in [-0.4, -0.2) is 48.3 Å². The fraction of sp³-hybridized carbons (Fsp3) is 0.565. The van der Waals surface area contributed by atoms with Gasteiger partial charge in [0, 0.05) is 61.2 Å². The van der Waals surface area contributed by atoms with Crippen LogP contribution in [0.1, 0.15) is 66.0 Å². The molecule has 0 bridgehead atoms. The standard InChI is InChI=1S/C23H32N6O2/c1-6-18-14(2)24-21-12-20(26-29(21)23(18)31)17-8-7-11-28(13-17)22(30)10-9-19-15(3)25-27(5)16(19)4/h12,17,26H,6-11,13H2,1-5H3. The third-order valence-electron chi connectivity index (χ3n) is 6.75. The number of carbonyl (C=O) groups is 1. The van der Waals surface area contributed by atoms with Gasteiger partial charge in [-0.05, 0) is 52.0 Å². The van der Waals surface area contributed by atoms with Gasteiger partial charge in [0.05, 0.1) is 5.69 Å². The number of nitrogens with zero attached hydrogens (tertiary/aromatic N) is 5. The maximum Gasteiger partial charge on any atom is 0.276 e. The first kappa shape index (κ1) is 21.3. The first-order chi connectivity index (χ1) is 14.8. The zero-order valence-corrected chi connectivity index (χ0v) is 19.2. The zero-order chi connectivity index (χ0) is 22.3. The monoisotopic (exact) mass is 424 g/mol. The number of likely N-dealkylation sites (tertiary alicyclic amines) is 1. The largest absolute Gasteiger partial charge is 0.342 e. The zero-order valence-electron chi connectivity index (χ0n) is 19.2. The van der Waals surface area contributed by atoms with Crippen molar-refractivity contribution in [1.82, 2.24) is 29.3 Å². The van der Waals surface area contributed by atoms with E-state index in [1.807, 2.05) is 50.4 Å². The summed E-state index contributed by atoms with van der Waals surface area (Å²) < 4.78 is 3.43. The molecule has 1 saturated heterocycles. The van der Waals surface area contributed by atoms with Crippen LogP contribution in [0.25, 0.3) is 5.65 Å². The fourth-order valence-electron chi connectivity index (χ4n) is 4.83. The first-order valence-corrected chi connectivity index (χ1v) is 11.2. The number of rotatable bonds is 5. The van der Waals surface area contributed by atoms with E-state index in [0.717, 1.165) is 54.1 Å². The molecule has 1 N–H and O–H groups in total. The van der Waals surface area contributed by atoms with E-state index in [2.05, 4.69) is 15.2 Å². The van der Waals surface area contributed by atoms with Crippen molar-refractivity contribution in [2.24, 2.45) is 7.05 Å². The second-order valence-electron chi connectivity index (χ2n) is 8.69. The molecular weight excluding hydrogens is 392 g/mol. The minimum atomic E-state index is -0.0257. The van der Waals surface area contributed by atoms with Gasteiger partial charge < -0.3 is 4.90 Å². The molecular formula is C23H32N6O2. The van der Waals surface area contributed by atoms with E-state index in [9.17, 15) is 9.59 Å². The lowest BCUT2D eigenvalue weighted by Gasteiger charge is -2.32. The number of piperidine rings is 1. The molecule has 0 aliphatic carbocycles. The van der Waals surface area contributed by atoms with Crippen molar-refractivity contribution in [3.05, 3.63) is 50.3 Å². The third kappa shape index (κ3) is 3.91. The Morgan fingerprint density at radius 3 is 2.68 bits per heavy atom. The van der Waals surface area contributed by atoms with E-state index in [1.165, 1.54) is 5.56 Å². The second kappa shape index (κ2) is 8.32. The number of fused-ring (bicyclic) bond motifs is 1. The van der Waals surface area contributed by atoms with Crippen LogP contribution in [-0.2, 0) is 24.7 Å². The minimum absolute atomic E-state index is 0.0257. The number of aromatic amines is 1. The third-order valence-corrected chi connectivity index (χ3v) is 6.75. The second-order valence-corrected chi connectivity index (χ2v) is 8.69. The van der Waals surface area contributed by atoms with E-state index in [4.69, 9.17) is 0 Å². The minimum Gasteiger partial charge on any atom is -0.342 e. The van der Waals surface area contributed by atoms with Gasteiger partial charge >= 0.3 is 0 Å². The molecule has 0 aromatic carbocycles. The summed E-state index contributed by atoms with van der Waals surface area (Å²) >= 11 is 0. The Kier molecular flexibility index (Phi) is 5.73. The van der Waals surface area contributed by atoms with Crippen LogP contribution < -0.4 is 5.56 Å². The van der Waals surface area contributed by atoms with Crippen LogP contribution in [0.15, 0.2) is 10.9 Å². The first-order valence-electron chi connectivity index (χ1n) is 11.2. The van der Waals surface area contributed by atoms with Crippen molar-refractivity contribution in [3.63, 3.8) is 0 Å². The van der Waals surface area contributed by atoms with Crippen molar-refractivity contribution < 1.29 is 4.79 Å². The highest BCUT2D eigenvalue weighted by Crippen LogP contribution is 2.27. The van der Waals surface area contributed by atoms with Crippen LogP contribution in [0.5, 0.6) is 0 Å². The highest BCUT2D eigenvalue weighted by Gasteiger charge is 2.27. The number of aryl methyl sites for hydroxylation is 3. The topological polar surface area (TPSA) is 88.3 Å². The van der Waals surface area contributed by atoms with Crippen molar-refractivity contribution >= 4 is 11.6 Å². The number of H-pyrrole nitrogens is 1. The smallest absolute Gasteiger partial charge is 0.276 e. The van der Waals surface area contributed by atoms with Gasteiger partial charge in [0.2, 0.25) is 5.91 Å². The predicted molar refractivity (Wildman–Crippen MR) is 119 cm³/mol. The molecule has 1 unspecified atom stereocenters. The molecule has 3 aromatic rings. The van der Waals surface area contributed by atoms with Crippen molar-refractivity contribution in [3.8, 4) is 0 Å². The Hall–Kier alpha value is -2.90. The van der Waals surface area contributed by atoms with E-state index in [0.29, 0.717) is 25.0 Å². The molecule has 1 fully saturated rings. The molecule has 8 heteroatoms. The Morgan fingerprint density at radius 2 is 2.00 bits per heavy atom. The molecule has 4 rings (SSSR count). The summed E-state index contributed by atoms with van der Waals surface area (Å²) in [6, 6.07) is 1.97. The summed E-state index contributed by atoms with van der Waals surface area (Å²) in [5, 5.41) is 7.72. The summed E-state index contributed by atoms with van der Waals surface area (Å²) in [4.78, 5) is 32.3. The van der Waals surface area contributed by atoms with E-state index < -0.39 is 0 Å².